The highest BCUT2D eigenvalue weighted by atomic mass is 16.5. The number of benzene rings is 2. The summed E-state index contributed by atoms with van der Waals surface area (Å²) in [6, 6.07) is 15.4. The largest absolute Gasteiger partial charge is 0.426 e. The molecular weight excluding hydrogens is 272 g/mol. The molecule has 4 aliphatic carbocycles. The van der Waals surface area contributed by atoms with Crippen LogP contribution in [0.4, 0.5) is 0 Å². The number of ether oxygens (including phenoxy) is 1. The second-order valence-corrected chi connectivity index (χ2v) is 6.06. The number of aryl methyl sites for hydroxylation is 4. The van der Waals surface area contributed by atoms with Gasteiger partial charge in [-0.05, 0) is 66.8 Å². The van der Waals surface area contributed by atoms with Crippen LogP contribution in [0, 0.1) is 0 Å². The molecule has 0 fully saturated rings. The smallest absolute Gasteiger partial charge is 0.308 e. The Bertz CT molecular complexity index is 656. The normalized spacial score (nSPS) is 14.6. The molecule has 2 nitrogen and oxygen atoms in total. The number of hydrogen-bond donors (Lipinski definition) is 0. The van der Waals surface area contributed by atoms with E-state index in [9.17, 15) is 4.79 Å². The maximum atomic E-state index is 11.3. The van der Waals surface area contributed by atoms with Gasteiger partial charge in [0.2, 0.25) is 0 Å². The Morgan fingerprint density at radius 1 is 0.818 bits per heavy atom. The van der Waals surface area contributed by atoms with Gasteiger partial charge in [0.15, 0.2) is 0 Å². The second kappa shape index (κ2) is 6.78. The third-order valence-electron chi connectivity index (χ3n) is 4.25. The number of hydrogen-bond acceptors (Lipinski definition) is 2. The van der Waals surface area contributed by atoms with Gasteiger partial charge < -0.3 is 4.74 Å². The number of rotatable bonds is 1. The van der Waals surface area contributed by atoms with Crippen molar-refractivity contribution in [1.29, 1.82) is 0 Å². The van der Waals surface area contributed by atoms with Gasteiger partial charge in [-0.25, -0.2) is 0 Å². The van der Waals surface area contributed by atoms with E-state index in [2.05, 4.69) is 36.4 Å². The summed E-state index contributed by atoms with van der Waals surface area (Å²) in [6.07, 6.45) is 6.26. The Morgan fingerprint density at radius 2 is 1.36 bits per heavy atom. The van der Waals surface area contributed by atoms with Gasteiger partial charge in [-0.1, -0.05) is 36.4 Å². The Labute approximate surface area is 132 Å². The molecule has 0 saturated carbocycles. The minimum absolute atomic E-state index is 0.241. The van der Waals surface area contributed by atoms with Gasteiger partial charge >= 0.3 is 5.97 Å². The van der Waals surface area contributed by atoms with Crippen molar-refractivity contribution in [2.75, 3.05) is 0 Å². The lowest BCUT2D eigenvalue weighted by atomic mass is 9.97. The SMILES string of the molecule is CC(=O)Oc1cc2ccc1CCCc1ccc(cc1)CCC2. The molecule has 0 unspecified atom stereocenters. The van der Waals surface area contributed by atoms with E-state index in [1.54, 1.807) is 0 Å². The highest BCUT2D eigenvalue weighted by Gasteiger charge is 2.09. The fraction of sp³-hybridized carbons (Fsp3) is 0.350. The van der Waals surface area contributed by atoms with E-state index < -0.39 is 0 Å². The topological polar surface area (TPSA) is 26.3 Å². The van der Waals surface area contributed by atoms with Crippen LogP contribution in [0.2, 0.25) is 0 Å². The Balaban J connectivity index is 1.86. The predicted octanol–water partition coefficient (Wildman–Crippen LogP) is 4.28. The van der Waals surface area contributed by atoms with Crippen molar-refractivity contribution < 1.29 is 9.53 Å². The van der Waals surface area contributed by atoms with Crippen molar-refractivity contribution in [2.45, 2.75) is 45.4 Å². The molecule has 0 atom stereocenters. The molecule has 0 N–H and O–H groups in total. The molecule has 22 heavy (non-hydrogen) atoms. The van der Waals surface area contributed by atoms with Crippen molar-refractivity contribution in [3.05, 3.63) is 64.7 Å². The van der Waals surface area contributed by atoms with E-state index in [0.717, 1.165) is 49.8 Å². The van der Waals surface area contributed by atoms with Gasteiger partial charge in [-0.2, -0.15) is 0 Å². The second-order valence-electron chi connectivity index (χ2n) is 6.06. The molecule has 0 heterocycles. The molecule has 0 spiro atoms. The zero-order valence-electron chi connectivity index (χ0n) is 13.1. The third-order valence-corrected chi connectivity index (χ3v) is 4.25. The quantitative estimate of drug-likeness (QED) is 0.580. The minimum Gasteiger partial charge on any atom is -0.426 e. The van der Waals surface area contributed by atoms with E-state index in [0.29, 0.717) is 0 Å². The van der Waals surface area contributed by atoms with Gasteiger partial charge in [0.25, 0.3) is 0 Å². The Morgan fingerprint density at radius 3 is 2.00 bits per heavy atom. The lowest BCUT2D eigenvalue weighted by Crippen LogP contribution is -2.05. The molecule has 0 aliphatic heterocycles. The summed E-state index contributed by atoms with van der Waals surface area (Å²) in [4.78, 5) is 11.3. The standard InChI is InChI=1S/C20H22O2/c1-15(21)22-20-14-18-6-2-4-16-8-10-17(11-9-16)5-3-7-19(20)13-12-18/h8-14H,2-7H2,1H3. The van der Waals surface area contributed by atoms with E-state index >= 15 is 0 Å². The molecule has 4 aliphatic rings. The van der Waals surface area contributed by atoms with Crippen molar-refractivity contribution in [2.24, 2.45) is 0 Å². The van der Waals surface area contributed by atoms with Crippen LogP contribution in [-0.2, 0) is 30.5 Å². The van der Waals surface area contributed by atoms with E-state index in [-0.39, 0.29) is 5.97 Å². The van der Waals surface area contributed by atoms with Crippen LogP contribution in [0.5, 0.6) is 5.75 Å². The Hall–Kier alpha value is -2.09. The summed E-state index contributed by atoms with van der Waals surface area (Å²) in [5, 5.41) is 0. The molecule has 2 aromatic carbocycles. The van der Waals surface area contributed by atoms with Crippen LogP contribution in [0.1, 0.15) is 42.0 Å². The maximum absolute atomic E-state index is 11.3. The average Bonchev–Trinajstić information content (AvgIpc) is 2.50. The van der Waals surface area contributed by atoms with Gasteiger partial charge in [0.05, 0.1) is 0 Å². The third kappa shape index (κ3) is 3.76. The Kier molecular flexibility index (Phi) is 4.57. The fourth-order valence-electron chi connectivity index (χ4n) is 3.06. The summed E-state index contributed by atoms with van der Waals surface area (Å²) in [5.41, 5.74) is 5.16. The van der Waals surface area contributed by atoms with Gasteiger partial charge in [-0.3, -0.25) is 4.79 Å². The van der Waals surface area contributed by atoms with Gasteiger partial charge in [0.1, 0.15) is 5.75 Å². The first-order valence-electron chi connectivity index (χ1n) is 8.09. The first kappa shape index (κ1) is 14.8. The van der Waals surface area contributed by atoms with Gasteiger partial charge in [0, 0.05) is 6.92 Å². The molecule has 0 saturated heterocycles. The van der Waals surface area contributed by atoms with Crippen molar-refractivity contribution >= 4 is 5.97 Å². The molecule has 114 valence electrons. The van der Waals surface area contributed by atoms with Gasteiger partial charge in [-0.15, -0.1) is 0 Å². The molecule has 0 radical (unpaired) electrons. The molecule has 0 amide bonds. The predicted molar refractivity (Wildman–Crippen MR) is 88.2 cm³/mol. The van der Waals surface area contributed by atoms with Crippen molar-refractivity contribution in [1.82, 2.24) is 0 Å². The highest BCUT2D eigenvalue weighted by Crippen LogP contribution is 2.25. The molecule has 2 aromatic rings. The van der Waals surface area contributed by atoms with Crippen molar-refractivity contribution in [3.63, 3.8) is 0 Å². The molecule has 2 heteroatoms. The van der Waals surface area contributed by atoms with Crippen molar-refractivity contribution in [3.8, 4) is 5.75 Å². The highest BCUT2D eigenvalue weighted by molar-refractivity contribution is 5.70. The van der Waals surface area contributed by atoms with Crippen LogP contribution < -0.4 is 4.74 Å². The summed E-state index contributed by atoms with van der Waals surface area (Å²) >= 11 is 0. The summed E-state index contributed by atoms with van der Waals surface area (Å²) in [6.45, 7) is 1.47. The van der Waals surface area contributed by atoms with Crippen LogP contribution in [0.15, 0.2) is 42.5 Å². The molecule has 6 rings (SSSR count). The summed E-state index contributed by atoms with van der Waals surface area (Å²) in [7, 11) is 0. The van der Waals surface area contributed by atoms with E-state index in [1.165, 1.54) is 23.6 Å². The van der Waals surface area contributed by atoms with Crippen LogP contribution in [0.3, 0.4) is 0 Å². The summed E-state index contributed by atoms with van der Waals surface area (Å²) in [5.74, 6) is 0.505. The first-order valence-corrected chi connectivity index (χ1v) is 8.09. The number of carbonyl (C=O) groups excluding carboxylic acids is 1. The van der Waals surface area contributed by atoms with Crippen LogP contribution >= 0.6 is 0 Å². The minimum atomic E-state index is -0.241. The average molecular weight is 294 g/mol. The number of carbonyl (C=O) groups is 1. The van der Waals surface area contributed by atoms with Crippen LogP contribution in [-0.4, -0.2) is 5.97 Å². The maximum Gasteiger partial charge on any atom is 0.308 e. The number of esters is 1. The molecule has 4 bridgehead atoms. The summed E-state index contributed by atoms with van der Waals surface area (Å²) < 4.78 is 5.42. The lowest BCUT2D eigenvalue weighted by Gasteiger charge is -2.13. The van der Waals surface area contributed by atoms with Crippen LogP contribution in [0.25, 0.3) is 0 Å². The molecule has 0 aromatic heterocycles. The molecular formula is C20H22O2. The lowest BCUT2D eigenvalue weighted by molar-refractivity contribution is -0.131. The zero-order chi connectivity index (χ0) is 15.4. The van der Waals surface area contributed by atoms with E-state index in [4.69, 9.17) is 4.74 Å². The monoisotopic (exact) mass is 294 g/mol. The van der Waals surface area contributed by atoms with E-state index in [1.807, 2.05) is 6.07 Å². The fourth-order valence-corrected chi connectivity index (χ4v) is 3.06. The zero-order valence-corrected chi connectivity index (χ0v) is 13.1. The first-order chi connectivity index (χ1) is 10.7.